The molecule has 0 spiro atoms. The second kappa shape index (κ2) is 6.64. The molecule has 0 radical (unpaired) electrons. The predicted octanol–water partition coefficient (Wildman–Crippen LogP) is 3.93. The Bertz CT molecular complexity index is 655. The van der Waals surface area contributed by atoms with Gasteiger partial charge in [0.05, 0.1) is 7.11 Å². The number of ether oxygens (including phenoxy) is 1. The Morgan fingerprint density at radius 1 is 1.24 bits per heavy atom. The number of nitrogens with zero attached hydrogens (tertiary/aromatic N) is 1. The van der Waals surface area contributed by atoms with E-state index in [1.807, 2.05) is 43.3 Å². The summed E-state index contributed by atoms with van der Waals surface area (Å²) in [7, 11) is 3.38. The highest BCUT2D eigenvalue weighted by molar-refractivity contribution is 6.30. The van der Waals surface area contributed by atoms with Crippen molar-refractivity contribution in [2.75, 3.05) is 14.2 Å². The van der Waals surface area contributed by atoms with Gasteiger partial charge in [-0.25, -0.2) is 0 Å². The fourth-order valence-corrected chi connectivity index (χ4v) is 2.41. The van der Waals surface area contributed by atoms with E-state index in [-0.39, 0.29) is 5.91 Å². The minimum Gasteiger partial charge on any atom is -0.496 e. The molecule has 2 aromatic rings. The summed E-state index contributed by atoms with van der Waals surface area (Å²) in [5, 5.41) is 0.627. The number of halogens is 1. The summed E-state index contributed by atoms with van der Waals surface area (Å²) >= 11 is 6.02. The van der Waals surface area contributed by atoms with Crippen LogP contribution in [-0.2, 0) is 6.54 Å². The number of benzene rings is 2. The van der Waals surface area contributed by atoms with Crippen molar-refractivity contribution in [2.24, 2.45) is 0 Å². The molecule has 0 aromatic heterocycles. The van der Waals surface area contributed by atoms with Crippen molar-refractivity contribution in [2.45, 2.75) is 13.5 Å². The molecule has 0 fully saturated rings. The van der Waals surface area contributed by atoms with E-state index < -0.39 is 0 Å². The van der Waals surface area contributed by atoms with E-state index in [9.17, 15) is 4.79 Å². The van der Waals surface area contributed by atoms with Gasteiger partial charge in [0.15, 0.2) is 0 Å². The number of aryl methyl sites for hydroxylation is 1. The molecule has 2 rings (SSSR count). The average molecular weight is 304 g/mol. The molecule has 0 unspecified atom stereocenters. The predicted molar refractivity (Wildman–Crippen MR) is 85.0 cm³/mol. The van der Waals surface area contributed by atoms with E-state index in [0.29, 0.717) is 17.1 Å². The number of hydrogen-bond acceptors (Lipinski definition) is 2. The average Bonchev–Trinajstić information content (AvgIpc) is 2.47. The van der Waals surface area contributed by atoms with E-state index in [1.165, 1.54) is 0 Å². The van der Waals surface area contributed by atoms with Crippen molar-refractivity contribution in [3.8, 4) is 5.75 Å². The van der Waals surface area contributed by atoms with Gasteiger partial charge in [-0.2, -0.15) is 0 Å². The first kappa shape index (κ1) is 15.4. The molecule has 3 nitrogen and oxygen atoms in total. The fraction of sp³-hybridized carbons (Fsp3) is 0.235. The lowest BCUT2D eigenvalue weighted by Crippen LogP contribution is -2.27. The zero-order valence-electron chi connectivity index (χ0n) is 12.4. The van der Waals surface area contributed by atoms with Crippen LogP contribution in [0.25, 0.3) is 0 Å². The number of amides is 1. The van der Waals surface area contributed by atoms with Gasteiger partial charge < -0.3 is 9.64 Å². The molecule has 1 amide bonds. The van der Waals surface area contributed by atoms with Crippen LogP contribution in [0, 0.1) is 6.92 Å². The second-order valence-corrected chi connectivity index (χ2v) is 5.37. The number of methoxy groups -OCH3 is 1. The summed E-state index contributed by atoms with van der Waals surface area (Å²) in [6.07, 6.45) is 0. The molecule has 0 saturated heterocycles. The van der Waals surface area contributed by atoms with Crippen LogP contribution in [0.5, 0.6) is 5.75 Å². The zero-order valence-corrected chi connectivity index (χ0v) is 13.1. The van der Waals surface area contributed by atoms with Crippen molar-refractivity contribution < 1.29 is 9.53 Å². The van der Waals surface area contributed by atoms with Crippen LogP contribution in [0.15, 0.2) is 42.5 Å². The third kappa shape index (κ3) is 3.56. The van der Waals surface area contributed by atoms with Gasteiger partial charge in [0, 0.05) is 29.7 Å². The SMILES string of the molecule is COc1ccc(Cl)cc1CN(C)C(=O)c1ccccc1C. The van der Waals surface area contributed by atoms with Crippen LogP contribution in [0.2, 0.25) is 5.02 Å². The Morgan fingerprint density at radius 3 is 2.62 bits per heavy atom. The van der Waals surface area contributed by atoms with Gasteiger partial charge in [-0.15, -0.1) is 0 Å². The number of carbonyl (C=O) groups excluding carboxylic acids is 1. The van der Waals surface area contributed by atoms with Crippen molar-refractivity contribution in [1.29, 1.82) is 0 Å². The topological polar surface area (TPSA) is 29.5 Å². The maximum absolute atomic E-state index is 12.5. The molecule has 0 aliphatic heterocycles. The summed E-state index contributed by atoms with van der Waals surface area (Å²) in [5.74, 6) is 0.707. The van der Waals surface area contributed by atoms with Gasteiger partial charge in [-0.1, -0.05) is 29.8 Å². The molecule has 21 heavy (non-hydrogen) atoms. The van der Waals surface area contributed by atoms with E-state index >= 15 is 0 Å². The lowest BCUT2D eigenvalue weighted by Gasteiger charge is -2.20. The Labute approximate surface area is 130 Å². The van der Waals surface area contributed by atoms with E-state index in [0.717, 1.165) is 16.9 Å². The van der Waals surface area contributed by atoms with Crippen LogP contribution in [0.4, 0.5) is 0 Å². The third-order valence-electron chi connectivity index (χ3n) is 3.37. The van der Waals surface area contributed by atoms with Gasteiger partial charge in [0.25, 0.3) is 5.91 Å². The van der Waals surface area contributed by atoms with Gasteiger partial charge in [-0.05, 0) is 36.8 Å². The zero-order chi connectivity index (χ0) is 15.4. The summed E-state index contributed by atoms with van der Waals surface area (Å²) < 4.78 is 5.31. The Morgan fingerprint density at radius 2 is 1.95 bits per heavy atom. The molecule has 110 valence electrons. The summed E-state index contributed by atoms with van der Waals surface area (Å²) in [5.41, 5.74) is 2.56. The highest BCUT2D eigenvalue weighted by Crippen LogP contribution is 2.24. The van der Waals surface area contributed by atoms with Crippen LogP contribution >= 0.6 is 11.6 Å². The van der Waals surface area contributed by atoms with Crippen LogP contribution in [0.3, 0.4) is 0 Å². The maximum Gasteiger partial charge on any atom is 0.254 e. The highest BCUT2D eigenvalue weighted by atomic mass is 35.5. The monoisotopic (exact) mass is 303 g/mol. The number of hydrogen-bond donors (Lipinski definition) is 0. The molecule has 2 aromatic carbocycles. The van der Waals surface area contributed by atoms with Crippen LogP contribution in [-0.4, -0.2) is 25.0 Å². The lowest BCUT2D eigenvalue weighted by molar-refractivity contribution is 0.0783. The first-order chi connectivity index (χ1) is 10.0. The molecule has 0 atom stereocenters. The molecule has 4 heteroatoms. The molecule has 0 bridgehead atoms. The second-order valence-electron chi connectivity index (χ2n) is 4.93. The fourth-order valence-electron chi connectivity index (χ4n) is 2.22. The van der Waals surface area contributed by atoms with Crippen molar-refractivity contribution in [3.05, 3.63) is 64.2 Å². The third-order valence-corrected chi connectivity index (χ3v) is 3.61. The quantitative estimate of drug-likeness (QED) is 0.856. The Kier molecular flexibility index (Phi) is 4.86. The van der Waals surface area contributed by atoms with Crippen LogP contribution in [0.1, 0.15) is 21.5 Å². The lowest BCUT2D eigenvalue weighted by atomic mass is 10.1. The largest absolute Gasteiger partial charge is 0.496 e. The summed E-state index contributed by atoms with van der Waals surface area (Å²) in [6.45, 7) is 2.37. The molecular weight excluding hydrogens is 286 g/mol. The summed E-state index contributed by atoms with van der Waals surface area (Å²) in [4.78, 5) is 14.2. The highest BCUT2D eigenvalue weighted by Gasteiger charge is 2.15. The van der Waals surface area contributed by atoms with E-state index in [4.69, 9.17) is 16.3 Å². The molecule has 0 heterocycles. The first-order valence-electron chi connectivity index (χ1n) is 6.66. The Balaban J connectivity index is 2.22. The van der Waals surface area contributed by atoms with E-state index in [2.05, 4.69) is 0 Å². The number of carbonyl (C=O) groups is 1. The van der Waals surface area contributed by atoms with Gasteiger partial charge >= 0.3 is 0 Å². The molecule has 0 saturated carbocycles. The molecule has 0 aliphatic rings. The van der Waals surface area contributed by atoms with Gasteiger partial charge in [-0.3, -0.25) is 4.79 Å². The molecular formula is C17H18ClNO2. The molecule has 0 aliphatic carbocycles. The Hall–Kier alpha value is -2.00. The van der Waals surface area contributed by atoms with Gasteiger partial charge in [0.2, 0.25) is 0 Å². The molecule has 0 N–H and O–H groups in total. The minimum atomic E-state index is -0.0184. The van der Waals surface area contributed by atoms with Crippen LogP contribution < -0.4 is 4.74 Å². The van der Waals surface area contributed by atoms with Gasteiger partial charge in [0.1, 0.15) is 5.75 Å². The minimum absolute atomic E-state index is 0.0184. The standard InChI is InChI=1S/C17H18ClNO2/c1-12-6-4-5-7-15(12)17(20)19(2)11-13-10-14(18)8-9-16(13)21-3/h4-10H,11H2,1-3H3. The van der Waals surface area contributed by atoms with Crippen molar-refractivity contribution in [1.82, 2.24) is 4.90 Å². The maximum atomic E-state index is 12.5. The van der Waals surface area contributed by atoms with Crippen molar-refractivity contribution in [3.63, 3.8) is 0 Å². The first-order valence-corrected chi connectivity index (χ1v) is 7.04. The summed E-state index contributed by atoms with van der Waals surface area (Å²) in [6, 6.07) is 13.0. The van der Waals surface area contributed by atoms with Crippen molar-refractivity contribution >= 4 is 17.5 Å². The normalized spacial score (nSPS) is 10.3. The smallest absolute Gasteiger partial charge is 0.254 e. The number of rotatable bonds is 4. The van der Waals surface area contributed by atoms with E-state index in [1.54, 1.807) is 25.1 Å².